The molecule has 2 N–H and O–H groups in total. The Kier molecular flexibility index (Phi) is 4.50. The molecule has 0 bridgehead atoms. The second-order valence-electron chi connectivity index (χ2n) is 5.35. The van der Waals surface area contributed by atoms with Gasteiger partial charge in [0.2, 0.25) is 0 Å². The van der Waals surface area contributed by atoms with Crippen LogP contribution in [0.15, 0.2) is 24.7 Å². The zero-order valence-corrected chi connectivity index (χ0v) is 15.9. The van der Waals surface area contributed by atoms with Crippen LogP contribution in [0.3, 0.4) is 0 Å². The van der Waals surface area contributed by atoms with Crippen molar-refractivity contribution < 1.29 is 4.39 Å². The van der Waals surface area contributed by atoms with Gasteiger partial charge in [0.1, 0.15) is 0 Å². The Bertz CT molecular complexity index is 916. The normalized spacial score (nSPS) is 14.8. The summed E-state index contributed by atoms with van der Waals surface area (Å²) in [5, 5.41) is 7.58. The van der Waals surface area contributed by atoms with Crippen LogP contribution in [0.4, 0.5) is 10.2 Å². The molecule has 6 nitrogen and oxygen atoms in total. The zero-order valence-electron chi connectivity index (χ0n) is 12.1. The maximum absolute atomic E-state index is 14.0. The van der Waals surface area contributed by atoms with Gasteiger partial charge in [-0.15, -0.1) is 0 Å². The van der Waals surface area contributed by atoms with Crippen LogP contribution in [0.2, 0.25) is 5.02 Å². The SMILES string of the molecule is Fc1cnc(-c2cn(SI)c3ncc(Cl)cc23)nc1NC1CNC1. The van der Waals surface area contributed by atoms with E-state index in [-0.39, 0.29) is 11.9 Å². The van der Waals surface area contributed by atoms with Crippen LogP contribution in [-0.2, 0) is 0 Å². The molecule has 1 aliphatic rings. The van der Waals surface area contributed by atoms with Gasteiger partial charge in [0.25, 0.3) is 0 Å². The molecule has 1 fully saturated rings. The van der Waals surface area contributed by atoms with E-state index in [1.54, 1.807) is 6.20 Å². The molecule has 0 spiro atoms. The molecule has 3 aromatic heterocycles. The molecule has 1 aliphatic heterocycles. The van der Waals surface area contributed by atoms with Gasteiger partial charge < -0.3 is 10.6 Å². The van der Waals surface area contributed by atoms with Crippen molar-refractivity contribution >= 4 is 58.8 Å². The lowest BCUT2D eigenvalue weighted by Gasteiger charge is -2.28. The Morgan fingerprint density at radius 2 is 2.21 bits per heavy atom. The van der Waals surface area contributed by atoms with E-state index < -0.39 is 5.82 Å². The molecule has 1 saturated heterocycles. The molecule has 0 aromatic carbocycles. The van der Waals surface area contributed by atoms with E-state index >= 15 is 0 Å². The van der Waals surface area contributed by atoms with E-state index in [0.717, 1.165) is 29.7 Å². The second-order valence-corrected chi connectivity index (χ2v) is 7.50. The number of nitrogens with zero attached hydrogens (tertiary/aromatic N) is 4. The van der Waals surface area contributed by atoms with Crippen molar-refractivity contribution in [3.05, 3.63) is 35.5 Å². The predicted molar refractivity (Wildman–Crippen MR) is 103 cm³/mol. The van der Waals surface area contributed by atoms with Crippen LogP contribution >= 0.6 is 41.9 Å². The standard InChI is InChI=1S/C14H11ClFIN6S/c15-7-1-9-10(6-23(24-17)14(9)20-2-7)12-19-5-11(16)13(22-12)21-8-3-18-4-8/h1-2,5-6,8,18H,3-4H2,(H,19,21,22). The summed E-state index contributed by atoms with van der Waals surface area (Å²) in [5.41, 5.74) is 1.53. The predicted octanol–water partition coefficient (Wildman–Crippen LogP) is 3.52. The summed E-state index contributed by atoms with van der Waals surface area (Å²) >= 11 is 8.25. The van der Waals surface area contributed by atoms with Gasteiger partial charge in [0.15, 0.2) is 23.1 Å². The molecule has 4 rings (SSSR count). The average Bonchev–Trinajstić information content (AvgIpc) is 2.90. The van der Waals surface area contributed by atoms with Crippen molar-refractivity contribution in [1.82, 2.24) is 24.2 Å². The summed E-state index contributed by atoms with van der Waals surface area (Å²) in [5.74, 6) is 0.183. The minimum absolute atomic E-state index is 0.185. The van der Waals surface area contributed by atoms with Crippen molar-refractivity contribution in [2.75, 3.05) is 18.4 Å². The number of nitrogens with one attached hydrogen (secondary N) is 2. The summed E-state index contributed by atoms with van der Waals surface area (Å²) in [7, 11) is 1.48. The summed E-state index contributed by atoms with van der Waals surface area (Å²) in [6, 6.07) is 2.00. The monoisotopic (exact) mass is 476 g/mol. The van der Waals surface area contributed by atoms with Gasteiger partial charge >= 0.3 is 0 Å². The lowest BCUT2D eigenvalue weighted by Crippen LogP contribution is -2.51. The Labute approximate surface area is 158 Å². The topological polar surface area (TPSA) is 67.7 Å². The first-order chi connectivity index (χ1) is 11.7. The lowest BCUT2D eigenvalue weighted by molar-refractivity contribution is 0.467. The van der Waals surface area contributed by atoms with Gasteiger partial charge in [-0.2, -0.15) is 0 Å². The minimum atomic E-state index is -0.464. The third-order valence-electron chi connectivity index (χ3n) is 3.76. The van der Waals surface area contributed by atoms with Crippen LogP contribution in [0.25, 0.3) is 22.4 Å². The van der Waals surface area contributed by atoms with Crippen molar-refractivity contribution in [3.63, 3.8) is 0 Å². The van der Waals surface area contributed by atoms with Crippen molar-refractivity contribution in [1.29, 1.82) is 0 Å². The largest absolute Gasteiger partial charge is 0.362 e. The highest BCUT2D eigenvalue weighted by Gasteiger charge is 2.20. The fourth-order valence-corrected chi connectivity index (χ4v) is 3.88. The number of fused-ring (bicyclic) bond motifs is 1. The molecular weight excluding hydrogens is 466 g/mol. The Morgan fingerprint density at radius 1 is 1.38 bits per heavy atom. The molecule has 0 radical (unpaired) electrons. The molecule has 3 aromatic rings. The number of rotatable bonds is 4. The summed E-state index contributed by atoms with van der Waals surface area (Å²) in [6.07, 6.45) is 4.67. The van der Waals surface area contributed by atoms with Gasteiger partial charge in [-0.3, -0.25) is 3.97 Å². The molecule has 4 heterocycles. The first-order valence-corrected chi connectivity index (χ1v) is 10.8. The molecule has 10 heteroatoms. The maximum Gasteiger partial charge on any atom is 0.183 e. The van der Waals surface area contributed by atoms with Crippen LogP contribution < -0.4 is 10.6 Å². The van der Waals surface area contributed by atoms with E-state index in [0.29, 0.717) is 10.8 Å². The first-order valence-electron chi connectivity index (χ1n) is 7.11. The number of aromatic nitrogens is 4. The van der Waals surface area contributed by atoms with Crippen molar-refractivity contribution in [2.24, 2.45) is 0 Å². The van der Waals surface area contributed by atoms with Crippen molar-refractivity contribution in [3.8, 4) is 11.4 Å². The molecule has 0 atom stereocenters. The van der Waals surface area contributed by atoms with Gasteiger partial charge in [-0.1, -0.05) is 11.6 Å². The Hall–Kier alpha value is -1.17. The van der Waals surface area contributed by atoms with E-state index in [1.807, 2.05) is 16.2 Å². The fraction of sp³-hybridized carbons (Fsp3) is 0.214. The van der Waals surface area contributed by atoms with E-state index in [1.165, 1.54) is 15.3 Å². The van der Waals surface area contributed by atoms with E-state index in [9.17, 15) is 4.39 Å². The van der Waals surface area contributed by atoms with Gasteiger partial charge in [-0.25, -0.2) is 19.3 Å². The van der Waals surface area contributed by atoms with E-state index in [4.69, 9.17) is 11.6 Å². The highest BCUT2D eigenvalue weighted by molar-refractivity contribution is 14.2. The highest BCUT2D eigenvalue weighted by Crippen LogP contribution is 2.34. The number of hydrogen-bond donors (Lipinski definition) is 2. The van der Waals surface area contributed by atoms with Crippen LogP contribution in [0.1, 0.15) is 0 Å². The Morgan fingerprint density at radius 3 is 2.92 bits per heavy atom. The third-order valence-corrected chi connectivity index (χ3v) is 5.67. The van der Waals surface area contributed by atoms with Crippen LogP contribution in [-0.4, -0.2) is 38.1 Å². The summed E-state index contributed by atoms with van der Waals surface area (Å²) in [4.78, 5) is 12.9. The van der Waals surface area contributed by atoms with E-state index in [2.05, 4.69) is 46.8 Å². The molecule has 0 saturated carbocycles. The van der Waals surface area contributed by atoms with Crippen molar-refractivity contribution in [2.45, 2.75) is 6.04 Å². The fourth-order valence-electron chi connectivity index (χ4n) is 2.47. The molecule has 0 aliphatic carbocycles. The maximum atomic E-state index is 14.0. The summed E-state index contributed by atoms with van der Waals surface area (Å²) < 4.78 is 15.9. The molecule has 24 heavy (non-hydrogen) atoms. The molecule has 0 amide bonds. The second kappa shape index (κ2) is 6.62. The molecular formula is C14H11ClFIN6S. The average molecular weight is 477 g/mol. The minimum Gasteiger partial charge on any atom is -0.362 e. The van der Waals surface area contributed by atoms with Gasteiger partial charge in [0, 0.05) is 66.8 Å². The smallest absolute Gasteiger partial charge is 0.183 e. The number of halogens is 3. The summed E-state index contributed by atoms with van der Waals surface area (Å²) in [6.45, 7) is 1.59. The number of anilines is 1. The highest BCUT2D eigenvalue weighted by atomic mass is 127. The van der Waals surface area contributed by atoms with Crippen LogP contribution in [0, 0.1) is 5.82 Å². The Balaban J connectivity index is 1.82. The third kappa shape index (κ3) is 2.93. The molecule has 0 unspecified atom stereocenters. The number of pyridine rings is 1. The lowest BCUT2D eigenvalue weighted by atomic mass is 10.2. The zero-order chi connectivity index (χ0) is 16.7. The first kappa shape index (κ1) is 16.3. The molecule has 124 valence electrons. The quantitative estimate of drug-likeness (QED) is 0.562. The van der Waals surface area contributed by atoms with Crippen LogP contribution in [0.5, 0.6) is 0 Å². The van der Waals surface area contributed by atoms with Gasteiger partial charge in [0.05, 0.1) is 17.3 Å². The number of hydrogen-bond acceptors (Lipinski definition) is 6. The van der Waals surface area contributed by atoms with Gasteiger partial charge in [-0.05, 0) is 6.07 Å².